The summed E-state index contributed by atoms with van der Waals surface area (Å²) in [5.74, 6) is 0.747. The van der Waals surface area contributed by atoms with Crippen LogP contribution in [0.1, 0.15) is 18.9 Å². The number of nitriles is 1. The first-order valence-corrected chi connectivity index (χ1v) is 6.82. The van der Waals surface area contributed by atoms with Gasteiger partial charge in [-0.1, -0.05) is 6.92 Å². The van der Waals surface area contributed by atoms with Gasteiger partial charge in [0.25, 0.3) is 0 Å². The van der Waals surface area contributed by atoms with Gasteiger partial charge in [-0.25, -0.2) is 0 Å². The van der Waals surface area contributed by atoms with Crippen molar-refractivity contribution < 1.29 is 4.79 Å². The summed E-state index contributed by atoms with van der Waals surface area (Å²) in [4.78, 5) is 11.6. The van der Waals surface area contributed by atoms with Crippen LogP contribution in [0.3, 0.4) is 0 Å². The van der Waals surface area contributed by atoms with Gasteiger partial charge < -0.3 is 11.1 Å². The predicted octanol–water partition coefficient (Wildman–Crippen LogP) is 1.97. The fourth-order valence-corrected chi connectivity index (χ4v) is 2.11. The van der Waals surface area contributed by atoms with E-state index in [1.165, 1.54) is 0 Å². The standard InChI is InChI=1S/C13H17N3OS/c1-10(8-14)18-7-6-13(17)16-12-4-2-11(9-15)3-5-12/h2-5,10H,6-8,14H2,1H3,(H,16,17). The molecule has 0 spiro atoms. The number of carbonyl (C=O) groups is 1. The molecule has 0 saturated heterocycles. The lowest BCUT2D eigenvalue weighted by molar-refractivity contribution is -0.115. The third kappa shape index (κ3) is 5.21. The van der Waals surface area contributed by atoms with Crippen molar-refractivity contribution in [2.75, 3.05) is 17.6 Å². The first-order chi connectivity index (χ1) is 8.65. The fraction of sp³-hybridized carbons (Fsp3) is 0.385. The molecule has 3 N–H and O–H groups in total. The quantitative estimate of drug-likeness (QED) is 0.822. The van der Waals surface area contributed by atoms with Crippen LogP contribution in [0.5, 0.6) is 0 Å². The Morgan fingerprint density at radius 3 is 2.72 bits per heavy atom. The van der Waals surface area contributed by atoms with Gasteiger partial charge in [-0.2, -0.15) is 17.0 Å². The zero-order valence-electron chi connectivity index (χ0n) is 10.3. The molecule has 0 fully saturated rings. The summed E-state index contributed by atoms with van der Waals surface area (Å²) in [5, 5.41) is 11.8. The molecule has 0 aliphatic carbocycles. The summed E-state index contributed by atoms with van der Waals surface area (Å²) in [5.41, 5.74) is 6.79. The molecule has 0 aliphatic rings. The van der Waals surface area contributed by atoms with Crippen LogP contribution in [-0.2, 0) is 4.79 Å². The van der Waals surface area contributed by atoms with E-state index < -0.39 is 0 Å². The highest BCUT2D eigenvalue weighted by Crippen LogP contribution is 2.12. The highest BCUT2D eigenvalue weighted by atomic mass is 32.2. The SMILES string of the molecule is CC(CN)SCCC(=O)Nc1ccc(C#N)cc1. The van der Waals surface area contributed by atoms with Crippen molar-refractivity contribution in [2.45, 2.75) is 18.6 Å². The van der Waals surface area contributed by atoms with Crippen LogP contribution in [0.25, 0.3) is 0 Å². The third-order valence-corrected chi connectivity index (χ3v) is 3.56. The van der Waals surface area contributed by atoms with Gasteiger partial charge in [0.2, 0.25) is 5.91 Å². The number of hydrogen-bond acceptors (Lipinski definition) is 4. The van der Waals surface area contributed by atoms with Crippen LogP contribution in [-0.4, -0.2) is 23.5 Å². The maximum absolute atomic E-state index is 11.6. The molecule has 1 unspecified atom stereocenters. The molecule has 18 heavy (non-hydrogen) atoms. The van der Waals surface area contributed by atoms with Crippen molar-refractivity contribution in [3.8, 4) is 6.07 Å². The largest absolute Gasteiger partial charge is 0.329 e. The number of benzene rings is 1. The first kappa shape index (κ1) is 14.6. The second-order valence-corrected chi connectivity index (χ2v) is 5.45. The second kappa shape index (κ2) is 7.75. The highest BCUT2D eigenvalue weighted by molar-refractivity contribution is 7.99. The fourth-order valence-electron chi connectivity index (χ4n) is 1.27. The summed E-state index contributed by atoms with van der Waals surface area (Å²) in [6.07, 6.45) is 0.467. The zero-order chi connectivity index (χ0) is 13.4. The predicted molar refractivity (Wildman–Crippen MR) is 75.4 cm³/mol. The Hall–Kier alpha value is -1.51. The number of thioether (sulfide) groups is 1. The number of hydrogen-bond donors (Lipinski definition) is 2. The maximum Gasteiger partial charge on any atom is 0.225 e. The molecular weight excluding hydrogens is 246 g/mol. The van der Waals surface area contributed by atoms with Crippen LogP contribution < -0.4 is 11.1 Å². The van der Waals surface area contributed by atoms with Crippen molar-refractivity contribution in [3.05, 3.63) is 29.8 Å². The minimum absolute atomic E-state index is 0.0172. The number of amides is 1. The average molecular weight is 263 g/mol. The van der Waals surface area contributed by atoms with Gasteiger partial charge in [-0.05, 0) is 24.3 Å². The normalized spacial score (nSPS) is 11.6. The van der Waals surface area contributed by atoms with Crippen LogP contribution in [0.15, 0.2) is 24.3 Å². The summed E-state index contributed by atoms with van der Waals surface area (Å²) in [6, 6.07) is 8.85. The summed E-state index contributed by atoms with van der Waals surface area (Å²) < 4.78 is 0. The van der Waals surface area contributed by atoms with Gasteiger partial charge >= 0.3 is 0 Å². The summed E-state index contributed by atoms with van der Waals surface area (Å²) >= 11 is 1.69. The minimum atomic E-state index is -0.0172. The average Bonchev–Trinajstić information content (AvgIpc) is 2.39. The van der Waals surface area contributed by atoms with Gasteiger partial charge in [-0.15, -0.1) is 0 Å². The molecule has 1 rings (SSSR count). The van der Waals surface area contributed by atoms with Crippen molar-refractivity contribution in [3.63, 3.8) is 0 Å². The van der Waals surface area contributed by atoms with Crippen molar-refractivity contribution in [1.29, 1.82) is 5.26 Å². The number of anilines is 1. The molecule has 0 radical (unpaired) electrons. The van der Waals surface area contributed by atoms with Crippen LogP contribution in [0.2, 0.25) is 0 Å². The Morgan fingerprint density at radius 1 is 1.50 bits per heavy atom. The maximum atomic E-state index is 11.6. The van der Waals surface area contributed by atoms with E-state index >= 15 is 0 Å². The molecule has 1 amide bonds. The molecule has 1 aromatic rings. The minimum Gasteiger partial charge on any atom is -0.329 e. The lowest BCUT2D eigenvalue weighted by Gasteiger charge is -2.08. The molecule has 0 aromatic heterocycles. The number of carbonyl (C=O) groups excluding carboxylic acids is 1. The second-order valence-electron chi connectivity index (χ2n) is 3.90. The number of nitrogens with one attached hydrogen (secondary N) is 1. The molecule has 0 heterocycles. The molecule has 0 bridgehead atoms. The monoisotopic (exact) mass is 263 g/mol. The van der Waals surface area contributed by atoms with Crippen molar-refractivity contribution in [2.24, 2.45) is 5.73 Å². The molecule has 4 nitrogen and oxygen atoms in total. The van der Waals surface area contributed by atoms with Gasteiger partial charge in [0, 0.05) is 29.7 Å². The lowest BCUT2D eigenvalue weighted by atomic mass is 10.2. The Balaban J connectivity index is 2.33. The number of rotatable bonds is 6. The van der Waals surface area contributed by atoms with E-state index in [2.05, 4.69) is 5.32 Å². The van der Waals surface area contributed by atoms with Crippen LogP contribution in [0, 0.1) is 11.3 Å². The Kier molecular flexibility index (Phi) is 6.26. The molecule has 0 aliphatic heterocycles. The molecular formula is C13H17N3OS. The van der Waals surface area contributed by atoms with E-state index in [1.807, 2.05) is 13.0 Å². The molecule has 96 valence electrons. The van der Waals surface area contributed by atoms with Crippen LogP contribution in [0.4, 0.5) is 5.69 Å². The number of nitrogens with zero attached hydrogens (tertiary/aromatic N) is 1. The molecule has 5 heteroatoms. The summed E-state index contributed by atoms with van der Waals surface area (Å²) in [6.45, 7) is 2.67. The lowest BCUT2D eigenvalue weighted by Crippen LogP contribution is -2.16. The van der Waals surface area contributed by atoms with E-state index in [9.17, 15) is 4.79 Å². The number of nitrogens with two attached hydrogens (primary N) is 1. The van der Waals surface area contributed by atoms with Crippen molar-refractivity contribution in [1.82, 2.24) is 0 Å². The summed E-state index contributed by atoms with van der Waals surface area (Å²) in [7, 11) is 0. The van der Waals surface area contributed by atoms with E-state index in [-0.39, 0.29) is 5.91 Å². The van der Waals surface area contributed by atoms with Gasteiger partial charge in [0.1, 0.15) is 0 Å². The molecule has 0 saturated carbocycles. The molecule has 1 aromatic carbocycles. The van der Waals surface area contributed by atoms with Gasteiger partial charge in [-0.3, -0.25) is 4.79 Å². The van der Waals surface area contributed by atoms with E-state index in [0.717, 1.165) is 11.4 Å². The van der Waals surface area contributed by atoms with Gasteiger partial charge in [0.15, 0.2) is 0 Å². The first-order valence-electron chi connectivity index (χ1n) is 5.77. The van der Waals surface area contributed by atoms with Crippen molar-refractivity contribution >= 4 is 23.4 Å². The topological polar surface area (TPSA) is 78.9 Å². The smallest absolute Gasteiger partial charge is 0.225 e. The van der Waals surface area contributed by atoms with E-state index in [0.29, 0.717) is 23.8 Å². The molecule has 1 atom stereocenters. The highest BCUT2D eigenvalue weighted by Gasteiger charge is 2.04. The Bertz CT molecular complexity index is 425. The van der Waals surface area contributed by atoms with Crippen LogP contribution >= 0.6 is 11.8 Å². The van der Waals surface area contributed by atoms with E-state index in [4.69, 9.17) is 11.0 Å². The van der Waals surface area contributed by atoms with Gasteiger partial charge in [0.05, 0.1) is 11.6 Å². The Labute approximate surface area is 112 Å². The third-order valence-electron chi connectivity index (χ3n) is 2.36. The van der Waals surface area contributed by atoms with E-state index in [1.54, 1.807) is 36.0 Å². The zero-order valence-corrected chi connectivity index (χ0v) is 11.2. The Morgan fingerprint density at radius 2 is 2.17 bits per heavy atom.